The molecule has 0 aliphatic carbocycles. The molecular weight excluding hydrogens is 785 g/mol. The smallest absolute Gasteiger partial charge is 0.453 e. The number of methoxy groups -OCH3 is 2. The van der Waals surface area contributed by atoms with Gasteiger partial charge in [0.05, 0.1) is 50.1 Å². The van der Waals surface area contributed by atoms with Gasteiger partial charge in [-0.15, -0.1) is 8.42 Å². The van der Waals surface area contributed by atoms with Crippen LogP contribution in [-0.4, -0.2) is 102 Å². The minimum atomic E-state index is -4.60. The number of benzene rings is 2. The van der Waals surface area contributed by atoms with Crippen LogP contribution >= 0.6 is 0 Å². The van der Waals surface area contributed by atoms with Gasteiger partial charge in [0.1, 0.15) is 35.2 Å². The Bertz CT molecular complexity index is 2110. The summed E-state index contributed by atoms with van der Waals surface area (Å²) in [5, 5.41) is 5.28. The second-order valence-electron chi connectivity index (χ2n) is 15.1. The third kappa shape index (κ3) is 9.96. The molecular formula is C40H50N8O10S. The summed E-state index contributed by atoms with van der Waals surface area (Å²) < 4.78 is 46.5. The van der Waals surface area contributed by atoms with Gasteiger partial charge in [-0.05, 0) is 61.8 Å². The average molecular weight is 835 g/mol. The first kappa shape index (κ1) is 42.5. The van der Waals surface area contributed by atoms with Crippen molar-refractivity contribution in [3.63, 3.8) is 0 Å². The Labute approximate surface area is 342 Å². The molecule has 0 saturated carbocycles. The Balaban J connectivity index is 1.11. The number of carbonyl (C=O) groups is 4. The number of likely N-dealkylation sites (tertiary alicyclic amines) is 2. The molecule has 2 saturated heterocycles. The fourth-order valence-electron chi connectivity index (χ4n) is 7.37. The summed E-state index contributed by atoms with van der Waals surface area (Å²) in [6.45, 7) is 8.38. The van der Waals surface area contributed by atoms with Crippen LogP contribution in [0.3, 0.4) is 0 Å². The third-order valence-electron chi connectivity index (χ3n) is 10.4. The predicted molar refractivity (Wildman–Crippen MR) is 214 cm³/mol. The Morgan fingerprint density at radius 3 is 1.47 bits per heavy atom. The van der Waals surface area contributed by atoms with Crippen LogP contribution in [0.1, 0.15) is 77.1 Å². The van der Waals surface area contributed by atoms with Gasteiger partial charge in [-0.25, -0.2) is 19.6 Å². The molecule has 19 heteroatoms. The second kappa shape index (κ2) is 18.2. The van der Waals surface area contributed by atoms with Gasteiger partial charge in [-0.2, -0.15) is 0 Å². The molecule has 4 N–H and O–H groups in total. The number of nitrogens with one attached hydrogen (secondary N) is 4. The van der Waals surface area contributed by atoms with Gasteiger partial charge in [0.15, 0.2) is 0 Å². The van der Waals surface area contributed by atoms with E-state index >= 15 is 0 Å². The summed E-state index contributed by atoms with van der Waals surface area (Å²) >= 11 is 0. The topological polar surface area (TPSA) is 227 Å². The van der Waals surface area contributed by atoms with Crippen molar-refractivity contribution in [3.05, 3.63) is 72.6 Å². The monoisotopic (exact) mass is 834 g/mol. The summed E-state index contributed by atoms with van der Waals surface area (Å²) in [4.78, 5) is 70.1. The number of aromatic nitrogens is 4. The number of nitrogens with zero attached hydrogens (tertiary/aromatic N) is 4. The Morgan fingerprint density at radius 1 is 0.695 bits per heavy atom. The van der Waals surface area contributed by atoms with Crippen LogP contribution in [0.5, 0.6) is 11.5 Å². The number of H-pyrrole nitrogens is 2. The molecule has 4 amide bonds. The Morgan fingerprint density at radius 2 is 1.10 bits per heavy atom. The maximum absolute atomic E-state index is 13.5. The van der Waals surface area contributed by atoms with E-state index in [9.17, 15) is 27.6 Å². The zero-order valence-electron chi connectivity index (χ0n) is 33.8. The molecule has 316 valence electrons. The highest BCUT2D eigenvalue weighted by Crippen LogP contribution is 2.35. The third-order valence-corrected chi connectivity index (χ3v) is 11.2. The lowest BCUT2D eigenvalue weighted by atomic mass is 10.0. The van der Waals surface area contributed by atoms with E-state index in [4.69, 9.17) is 17.8 Å². The number of carbonyl (C=O) groups excluding carboxylic acids is 4. The SMILES string of the molecule is COC(=O)N[C@@H](C(=O)N1CCC[C@H]1c1ncc(-c2cccc(OS(=O)(=O)Oc3cccc(-c4cnc([C@@H]5CCCN5C(=O)[C@H](NC(=O)OC)C(C)C)[nH]4)c3)c2)[nH]1)C(C)C. The molecule has 4 aromatic rings. The van der Waals surface area contributed by atoms with Crippen LogP contribution in [0, 0.1) is 11.8 Å². The van der Waals surface area contributed by atoms with Crippen molar-refractivity contribution in [2.75, 3.05) is 27.3 Å². The molecule has 18 nitrogen and oxygen atoms in total. The van der Waals surface area contributed by atoms with Crippen LogP contribution in [0.15, 0.2) is 60.9 Å². The molecule has 2 fully saturated rings. The maximum atomic E-state index is 13.5. The zero-order chi connectivity index (χ0) is 42.4. The summed E-state index contributed by atoms with van der Waals surface area (Å²) in [6.07, 6.45) is 4.68. The zero-order valence-corrected chi connectivity index (χ0v) is 34.6. The number of aromatic amines is 2. The van der Waals surface area contributed by atoms with Gasteiger partial charge in [-0.3, -0.25) is 9.59 Å². The summed E-state index contributed by atoms with van der Waals surface area (Å²) in [6, 6.07) is 10.5. The fourth-order valence-corrected chi connectivity index (χ4v) is 8.09. The van der Waals surface area contributed by atoms with Crippen LogP contribution in [0.4, 0.5) is 9.59 Å². The number of imidazole rings is 2. The van der Waals surface area contributed by atoms with Crippen LogP contribution in [0.2, 0.25) is 0 Å². The van der Waals surface area contributed by atoms with E-state index in [0.717, 1.165) is 12.8 Å². The largest absolute Gasteiger partial charge is 0.500 e. The number of hydrogen-bond donors (Lipinski definition) is 4. The van der Waals surface area contributed by atoms with E-state index in [1.165, 1.54) is 38.5 Å². The fraction of sp³-hybridized carbons (Fsp3) is 0.450. The number of ether oxygens (including phenoxy) is 2. The summed E-state index contributed by atoms with van der Waals surface area (Å²) in [5.74, 6) is 0.282. The van der Waals surface area contributed by atoms with Crippen molar-refractivity contribution in [2.24, 2.45) is 11.8 Å². The van der Waals surface area contributed by atoms with Gasteiger partial charge >= 0.3 is 22.6 Å². The quantitative estimate of drug-likeness (QED) is 0.128. The number of hydrogen-bond acceptors (Lipinski definition) is 12. The first-order valence-corrected chi connectivity index (χ1v) is 20.8. The van der Waals surface area contributed by atoms with Crippen LogP contribution < -0.4 is 19.0 Å². The lowest BCUT2D eigenvalue weighted by molar-refractivity contribution is -0.136. The van der Waals surface area contributed by atoms with Gasteiger partial charge < -0.3 is 48.2 Å². The van der Waals surface area contributed by atoms with Crippen molar-refractivity contribution in [2.45, 2.75) is 77.5 Å². The molecule has 2 aromatic carbocycles. The van der Waals surface area contributed by atoms with E-state index in [0.29, 0.717) is 60.1 Å². The Kier molecular flexibility index (Phi) is 13.1. The molecule has 59 heavy (non-hydrogen) atoms. The first-order valence-electron chi connectivity index (χ1n) is 19.4. The van der Waals surface area contributed by atoms with Crippen LogP contribution in [-0.2, 0) is 29.5 Å². The summed E-state index contributed by atoms with van der Waals surface area (Å²) in [5.41, 5.74) is 2.31. The Hall–Kier alpha value is -6.11. The highest BCUT2D eigenvalue weighted by molar-refractivity contribution is 7.82. The highest BCUT2D eigenvalue weighted by Gasteiger charge is 2.39. The first-order chi connectivity index (χ1) is 28.2. The van der Waals surface area contributed by atoms with Crippen molar-refractivity contribution < 1.29 is 45.4 Å². The van der Waals surface area contributed by atoms with Crippen molar-refractivity contribution >= 4 is 34.4 Å². The van der Waals surface area contributed by atoms with E-state index < -0.39 is 34.7 Å². The normalized spacial score (nSPS) is 17.8. The molecule has 0 unspecified atom stereocenters. The average Bonchev–Trinajstić information content (AvgIpc) is 4.05. The van der Waals surface area contributed by atoms with E-state index in [-0.39, 0.29) is 47.2 Å². The van der Waals surface area contributed by atoms with Gasteiger partial charge in [0.25, 0.3) is 0 Å². The van der Waals surface area contributed by atoms with E-state index in [1.54, 1.807) is 46.5 Å². The van der Waals surface area contributed by atoms with E-state index in [2.05, 4.69) is 30.6 Å². The molecule has 0 radical (unpaired) electrons. The van der Waals surface area contributed by atoms with Gasteiger partial charge in [0.2, 0.25) is 11.8 Å². The second-order valence-corrected chi connectivity index (χ2v) is 16.2. The number of rotatable bonds is 14. The minimum Gasteiger partial charge on any atom is -0.453 e. The number of alkyl carbamates (subject to hydrolysis) is 2. The van der Waals surface area contributed by atoms with Crippen molar-refractivity contribution in [1.29, 1.82) is 0 Å². The highest BCUT2D eigenvalue weighted by atomic mass is 32.3. The molecule has 2 aliphatic rings. The molecule has 0 bridgehead atoms. The number of amides is 4. The van der Waals surface area contributed by atoms with Crippen molar-refractivity contribution in [3.8, 4) is 34.0 Å². The summed E-state index contributed by atoms with van der Waals surface area (Å²) in [7, 11) is -2.11. The predicted octanol–water partition coefficient (Wildman–Crippen LogP) is 5.26. The van der Waals surface area contributed by atoms with Crippen molar-refractivity contribution in [1.82, 2.24) is 40.4 Å². The lowest BCUT2D eigenvalue weighted by Gasteiger charge is -2.30. The molecule has 4 atom stereocenters. The molecule has 0 spiro atoms. The maximum Gasteiger partial charge on any atom is 0.500 e. The molecule has 6 rings (SSSR count). The lowest BCUT2D eigenvalue weighted by Crippen LogP contribution is -2.51. The minimum absolute atomic E-state index is 0.00324. The van der Waals surface area contributed by atoms with Gasteiger partial charge in [-0.1, -0.05) is 52.0 Å². The molecule has 4 heterocycles. The van der Waals surface area contributed by atoms with E-state index in [1.807, 2.05) is 27.7 Å². The van der Waals surface area contributed by atoms with Crippen LogP contribution in [0.25, 0.3) is 22.5 Å². The van der Waals surface area contributed by atoms with Gasteiger partial charge in [0, 0.05) is 24.2 Å². The standard InChI is InChI=1S/C40H50N8O10S/c1-23(2)33(45-39(51)55-5)37(49)47-17-9-15-31(47)35-41-21-29(43-35)25-11-7-13-27(19-25)57-59(53,54)58-28-14-8-12-26(20-28)30-22-42-36(44-30)32-16-10-18-48(32)38(50)34(24(3)4)46-40(52)56-6/h7-8,11-14,19-24,31-34H,9-10,15-18H2,1-6H3,(H,41,43)(H,42,44)(H,45,51)(H,46,52)/t31-,32-,33+,34+/m0/s1. The molecule has 2 aromatic heterocycles. The molecule has 2 aliphatic heterocycles.